The second-order valence-corrected chi connectivity index (χ2v) is 5.75. The number of nitrogens with two attached hydrogens (primary N) is 1. The third-order valence-electron chi connectivity index (χ3n) is 4.68. The van der Waals surface area contributed by atoms with Gasteiger partial charge in [0.15, 0.2) is 0 Å². The van der Waals surface area contributed by atoms with Gasteiger partial charge in [-0.15, -0.1) is 0 Å². The number of carbonyl (C=O) groups is 1. The lowest BCUT2D eigenvalue weighted by molar-refractivity contribution is -0.127. The summed E-state index contributed by atoms with van der Waals surface area (Å²) < 4.78 is 0. The van der Waals surface area contributed by atoms with Gasteiger partial charge in [0.25, 0.3) is 0 Å². The van der Waals surface area contributed by atoms with Crippen LogP contribution in [0.15, 0.2) is 0 Å². The number of amides is 1. The molecule has 0 radical (unpaired) electrons. The van der Waals surface area contributed by atoms with E-state index in [4.69, 9.17) is 5.73 Å². The standard InChI is InChI=1S/C14H27N3O/c1-2-17-8-6-12(7-9-17)16-14(18)13-5-3-4-11(13)10-15/h11-13H,2-10,15H2,1H3,(H,16,18). The normalized spacial score (nSPS) is 30.6. The Morgan fingerprint density at radius 2 is 2.00 bits per heavy atom. The SMILES string of the molecule is CCN1CCC(NC(=O)C2CCCC2CN)CC1. The van der Waals surface area contributed by atoms with Crippen molar-refractivity contribution in [3.05, 3.63) is 0 Å². The topological polar surface area (TPSA) is 58.4 Å². The van der Waals surface area contributed by atoms with Crippen LogP contribution in [0.2, 0.25) is 0 Å². The molecular weight excluding hydrogens is 226 g/mol. The molecule has 18 heavy (non-hydrogen) atoms. The molecule has 2 unspecified atom stereocenters. The van der Waals surface area contributed by atoms with Crippen molar-refractivity contribution in [1.29, 1.82) is 0 Å². The third kappa shape index (κ3) is 3.23. The van der Waals surface area contributed by atoms with E-state index < -0.39 is 0 Å². The molecule has 104 valence electrons. The number of piperidine rings is 1. The zero-order valence-corrected chi connectivity index (χ0v) is 11.5. The minimum absolute atomic E-state index is 0.180. The average molecular weight is 253 g/mol. The fourth-order valence-corrected chi connectivity index (χ4v) is 3.37. The minimum Gasteiger partial charge on any atom is -0.353 e. The van der Waals surface area contributed by atoms with Crippen LogP contribution in [0.25, 0.3) is 0 Å². The van der Waals surface area contributed by atoms with Crippen LogP contribution in [0, 0.1) is 11.8 Å². The molecule has 0 aromatic carbocycles. The summed E-state index contributed by atoms with van der Waals surface area (Å²) in [5, 5.41) is 3.25. The first-order valence-electron chi connectivity index (χ1n) is 7.47. The zero-order chi connectivity index (χ0) is 13.0. The quantitative estimate of drug-likeness (QED) is 0.784. The molecule has 4 heteroatoms. The van der Waals surface area contributed by atoms with E-state index in [0.717, 1.165) is 51.7 Å². The van der Waals surface area contributed by atoms with Gasteiger partial charge in [-0.1, -0.05) is 13.3 Å². The number of rotatable bonds is 4. The summed E-state index contributed by atoms with van der Waals surface area (Å²) in [5.41, 5.74) is 5.74. The van der Waals surface area contributed by atoms with Crippen molar-refractivity contribution in [2.75, 3.05) is 26.2 Å². The maximum atomic E-state index is 12.3. The molecule has 0 bridgehead atoms. The Labute approximate surface area is 110 Å². The maximum Gasteiger partial charge on any atom is 0.223 e. The van der Waals surface area contributed by atoms with E-state index in [-0.39, 0.29) is 11.8 Å². The lowest BCUT2D eigenvalue weighted by atomic mass is 9.94. The molecule has 4 nitrogen and oxygen atoms in total. The fraction of sp³-hybridized carbons (Fsp3) is 0.929. The Morgan fingerprint density at radius 1 is 1.28 bits per heavy atom. The summed E-state index contributed by atoms with van der Waals surface area (Å²) in [5.74, 6) is 0.859. The lowest BCUT2D eigenvalue weighted by Crippen LogP contribution is -2.47. The van der Waals surface area contributed by atoms with Crippen LogP contribution in [0.5, 0.6) is 0 Å². The highest BCUT2D eigenvalue weighted by Gasteiger charge is 2.33. The van der Waals surface area contributed by atoms with Crippen molar-refractivity contribution >= 4 is 5.91 Å². The van der Waals surface area contributed by atoms with Crippen LogP contribution in [-0.2, 0) is 4.79 Å². The maximum absolute atomic E-state index is 12.3. The van der Waals surface area contributed by atoms with Crippen molar-refractivity contribution in [2.24, 2.45) is 17.6 Å². The zero-order valence-electron chi connectivity index (χ0n) is 11.5. The Balaban J connectivity index is 1.77. The third-order valence-corrected chi connectivity index (χ3v) is 4.68. The highest BCUT2D eigenvalue weighted by Crippen LogP contribution is 2.31. The van der Waals surface area contributed by atoms with E-state index in [9.17, 15) is 4.79 Å². The average Bonchev–Trinajstić information content (AvgIpc) is 2.88. The van der Waals surface area contributed by atoms with Gasteiger partial charge in [-0.3, -0.25) is 4.79 Å². The van der Waals surface area contributed by atoms with E-state index in [0.29, 0.717) is 18.5 Å². The van der Waals surface area contributed by atoms with Gasteiger partial charge in [0.1, 0.15) is 0 Å². The predicted molar refractivity (Wildman–Crippen MR) is 73.2 cm³/mol. The Kier molecular flexibility index (Phi) is 5.01. The van der Waals surface area contributed by atoms with Gasteiger partial charge in [0, 0.05) is 25.0 Å². The summed E-state index contributed by atoms with van der Waals surface area (Å²) in [6.07, 6.45) is 5.51. The first-order valence-corrected chi connectivity index (χ1v) is 7.47. The minimum atomic E-state index is 0.180. The molecule has 1 saturated carbocycles. The van der Waals surface area contributed by atoms with Gasteiger partial charge >= 0.3 is 0 Å². The molecule has 1 aliphatic heterocycles. The first kappa shape index (κ1) is 13.8. The Hall–Kier alpha value is -0.610. The molecule has 2 aliphatic rings. The van der Waals surface area contributed by atoms with Gasteiger partial charge in [0.2, 0.25) is 5.91 Å². The van der Waals surface area contributed by atoms with Crippen LogP contribution in [-0.4, -0.2) is 43.0 Å². The predicted octanol–water partition coefficient (Wildman–Crippen LogP) is 0.962. The highest BCUT2D eigenvalue weighted by atomic mass is 16.2. The van der Waals surface area contributed by atoms with Crippen LogP contribution in [0.3, 0.4) is 0 Å². The van der Waals surface area contributed by atoms with Crippen molar-refractivity contribution in [3.8, 4) is 0 Å². The van der Waals surface area contributed by atoms with E-state index in [1.165, 1.54) is 0 Å². The number of hydrogen-bond donors (Lipinski definition) is 2. The molecule has 1 heterocycles. The van der Waals surface area contributed by atoms with Gasteiger partial charge < -0.3 is 16.0 Å². The summed E-state index contributed by atoms with van der Waals surface area (Å²) in [4.78, 5) is 14.7. The molecule has 0 aromatic heterocycles. The summed E-state index contributed by atoms with van der Waals surface area (Å²) in [6, 6.07) is 0.388. The van der Waals surface area contributed by atoms with Crippen LogP contribution < -0.4 is 11.1 Å². The first-order chi connectivity index (χ1) is 8.74. The van der Waals surface area contributed by atoms with E-state index in [1.807, 2.05) is 0 Å². The van der Waals surface area contributed by atoms with Crippen molar-refractivity contribution < 1.29 is 4.79 Å². The molecule has 0 spiro atoms. The van der Waals surface area contributed by atoms with E-state index in [2.05, 4.69) is 17.1 Å². The Bertz CT molecular complexity index is 274. The van der Waals surface area contributed by atoms with Crippen molar-refractivity contribution in [1.82, 2.24) is 10.2 Å². The van der Waals surface area contributed by atoms with Crippen molar-refractivity contribution in [3.63, 3.8) is 0 Å². The molecule has 2 atom stereocenters. The molecular formula is C14H27N3O. The van der Waals surface area contributed by atoms with Gasteiger partial charge in [-0.2, -0.15) is 0 Å². The van der Waals surface area contributed by atoms with E-state index >= 15 is 0 Å². The number of nitrogens with one attached hydrogen (secondary N) is 1. The van der Waals surface area contributed by atoms with Gasteiger partial charge in [-0.25, -0.2) is 0 Å². The number of carbonyl (C=O) groups excluding carboxylic acids is 1. The number of nitrogens with zero attached hydrogens (tertiary/aromatic N) is 1. The molecule has 2 fully saturated rings. The second-order valence-electron chi connectivity index (χ2n) is 5.75. The largest absolute Gasteiger partial charge is 0.353 e. The van der Waals surface area contributed by atoms with Crippen molar-refractivity contribution in [2.45, 2.75) is 45.1 Å². The van der Waals surface area contributed by atoms with Gasteiger partial charge in [-0.05, 0) is 44.7 Å². The fourth-order valence-electron chi connectivity index (χ4n) is 3.37. The summed E-state index contributed by atoms with van der Waals surface area (Å²) >= 11 is 0. The van der Waals surface area contributed by atoms with Crippen LogP contribution in [0.1, 0.15) is 39.0 Å². The monoisotopic (exact) mass is 253 g/mol. The summed E-state index contributed by atoms with van der Waals surface area (Å²) in [7, 11) is 0. The molecule has 2 rings (SSSR count). The Morgan fingerprint density at radius 3 is 2.61 bits per heavy atom. The smallest absolute Gasteiger partial charge is 0.223 e. The molecule has 0 aromatic rings. The van der Waals surface area contributed by atoms with Gasteiger partial charge in [0.05, 0.1) is 0 Å². The van der Waals surface area contributed by atoms with E-state index in [1.54, 1.807) is 0 Å². The molecule has 1 saturated heterocycles. The molecule has 1 aliphatic carbocycles. The number of hydrogen-bond acceptors (Lipinski definition) is 3. The van der Waals surface area contributed by atoms with Crippen LogP contribution >= 0.6 is 0 Å². The second kappa shape index (κ2) is 6.53. The molecule has 1 amide bonds. The lowest BCUT2D eigenvalue weighted by Gasteiger charge is -2.32. The number of likely N-dealkylation sites (tertiary alicyclic amines) is 1. The summed E-state index contributed by atoms with van der Waals surface area (Å²) in [6.45, 7) is 6.22. The van der Waals surface area contributed by atoms with Crippen LogP contribution in [0.4, 0.5) is 0 Å². The molecule has 3 N–H and O–H groups in total. The highest BCUT2D eigenvalue weighted by molar-refractivity contribution is 5.79.